The molecule has 190 valence electrons. The molecule has 6 rings (SSSR count). The van der Waals surface area contributed by atoms with Crippen molar-refractivity contribution < 1.29 is 9.59 Å². The van der Waals surface area contributed by atoms with Crippen LogP contribution in [0.1, 0.15) is 71.5 Å². The Balaban J connectivity index is 1.21. The summed E-state index contributed by atoms with van der Waals surface area (Å²) in [5.74, 6) is 2.16. The molecule has 3 aliphatic rings. The third kappa shape index (κ3) is 4.19. The smallest absolute Gasteiger partial charge is 0.255 e. The summed E-state index contributed by atoms with van der Waals surface area (Å²) in [5.41, 5.74) is 4.71. The summed E-state index contributed by atoms with van der Waals surface area (Å²) in [5, 5.41) is 13.3. The summed E-state index contributed by atoms with van der Waals surface area (Å²) in [7, 11) is 2.01. The van der Waals surface area contributed by atoms with Gasteiger partial charge in [0.15, 0.2) is 0 Å². The van der Waals surface area contributed by atoms with Gasteiger partial charge in [0.1, 0.15) is 5.65 Å². The predicted molar refractivity (Wildman–Crippen MR) is 142 cm³/mol. The maximum Gasteiger partial charge on any atom is 0.255 e. The Morgan fingerprint density at radius 2 is 1.95 bits per heavy atom. The van der Waals surface area contributed by atoms with E-state index in [1.807, 2.05) is 14.0 Å². The molecule has 2 saturated carbocycles. The number of amides is 2. The minimum Gasteiger partial charge on any atom is -0.342 e. The molecule has 3 fully saturated rings. The van der Waals surface area contributed by atoms with Crippen molar-refractivity contribution in [3.8, 4) is 6.07 Å². The number of piperidine rings is 1. The summed E-state index contributed by atoms with van der Waals surface area (Å²) in [4.78, 5) is 33.0. The van der Waals surface area contributed by atoms with Crippen molar-refractivity contribution in [3.63, 3.8) is 0 Å². The number of likely N-dealkylation sites (tertiary alicyclic amines) is 1. The lowest BCUT2D eigenvalue weighted by Crippen LogP contribution is -2.42. The summed E-state index contributed by atoms with van der Waals surface area (Å²) in [6, 6.07) is 8.78. The first-order valence-electron chi connectivity index (χ1n) is 13.5. The van der Waals surface area contributed by atoms with Gasteiger partial charge in [0.25, 0.3) is 5.91 Å². The third-order valence-corrected chi connectivity index (χ3v) is 9.08. The Hall–Kier alpha value is -3.66. The van der Waals surface area contributed by atoms with E-state index in [2.05, 4.69) is 32.0 Å². The molecule has 1 aromatic carbocycles. The van der Waals surface area contributed by atoms with Crippen LogP contribution in [-0.2, 0) is 11.8 Å². The standard InChI is InChI=1S/C30H33N5O2/c1-18-26(33-29(36)23-5-3-4-20(13-23)15-31)16-32-28-27(18)25(17-34(28)2)21-8-10-35(11-9-21)30(37)24-14-19-6-7-22(24)12-19/h3-5,13,16-17,19,21-22,24H,6-12,14H2,1-2H3,(H,33,36)/t19?,22-,24+/m1/s1. The van der Waals surface area contributed by atoms with Gasteiger partial charge in [-0.25, -0.2) is 4.98 Å². The van der Waals surface area contributed by atoms with Crippen LogP contribution in [0.25, 0.3) is 11.0 Å². The van der Waals surface area contributed by atoms with Crippen molar-refractivity contribution >= 4 is 28.5 Å². The number of fused-ring (bicyclic) bond motifs is 3. The first-order valence-corrected chi connectivity index (χ1v) is 13.5. The first kappa shape index (κ1) is 23.7. The van der Waals surface area contributed by atoms with Crippen LogP contribution < -0.4 is 5.32 Å². The zero-order valence-electron chi connectivity index (χ0n) is 21.5. The number of benzene rings is 1. The number of anilines is 1. The second-order valence-electron chi connectivity index (χ2n) is 11.2. The van der Waals surface area contributed by atoms with Crippen LogP contribution >= 0.6 is 0 Å². The first-order chi connectivity index (χ1) is 17.9. The number of hydrogen-bond acceptors (Lipinski definition) is 4. The van der Waals surface area contributed by atoms with E-state index in [9.17, 15) is 9.59 Å². The molecule has 2 bridgehead atoms. The maximum absolute atomic E-state index is 13.3. The lowest BCUT2D eigenvalue weighted by molar-refractivity contribution is -0.138. The Bertz CT molecular complexity index is 1430. The Morgan fingerprint density at radius 3 is 2.65 bits per heavy atom. The summed E-state index contributed by atoms with van der Waals surface area (Å²) in [6.07, 6.45) is 10.7. The molecule has 3 heterocycles. The fourth-order valence-electron chi connectivity index (χ4n) is 7.09. The minimum atomic E-state index is -0.258. The van der Waals surface area contributed by atoms with Crippen molar-refractivity contribution in [3.05, 3.63) is 58.9 Å². The van der Waals surface area contributed by atoms with E-state index >= 15 is 0 Å². The second kappa shape index (κ2) is 9.33. The van der Waals surface area contributed by atoms with E-state index < -0.39 is 0 Å². The van der Waals surface area contributed by atoms with E-state index in [0.717, 1.165) is 54.9 Å². The topological polar surface area (TPSA) is 91.0 Å². The average molecular weight is 496 g/mol. The molecule has 0 spiro atoms. The van der Waals surface area contributed by atoms with Crippen molar-refractivity contribution in [1.29, 1.82) is 5.26 Å². The monoisotopic (exact) mass is 495 g/mol. The molecule has 37 heavy (non-hydrogen) atoms. The Morgan fingerprint density at radius 1 is 1.14 bits per heavy atom. The van der Waals surface area contributed by atoms with E-state index in [1.165, 1.54) is 24.8 Å². The summed E-state index contributed by atoms with van der Waals surface area (Å²) < 4.78 is 2.06. The molecule has 7 nitrogen and oxygen atoms in total. The van der Waals surface area contributed by atoms with Gasteiger partial charge >= 0.3 is 0 Å². The van der Waals surface area contributed by atoms with Crippen LogP contribution in [0, 0.1) is 36.0 Å². The van der Waals surface area contributed by atoms with Crippen molar-refractivity contribution in [2.24, 2.45) is 24.8 Å². The SMILES string of the molecule is Cc1c(NC(=O)c2cccc(C#N)c2)cnc2c1c(C1CCN(C(=O)[C@H]3CC4CC[C@@H]3C4)CC1)cn2C. The Kier molecular flexibility index (Phi) is 5.98. The van der Waals surface area contributed by atoms with Crippen LogP contribution in [0.4, 0.5) is 5.69 Å². The average Bonchev–Trinajstić information content (AvgIpc) is 3.65. The predicted octanol–water partition coefficient (Wildman–Crippen LogP) is 5.15. The van der Waals surface area contributed by atoms with Gasteiger partial charge in [-0.2, -0.15) is 5.26 Å². The molecule has 1 N–H and O–H groups in total. The van der Waals surface area contributed by atoms with Crippen LogP contribution in [0.3, 0.4) is 0 Å². The highest BCUT2D eigenvalue weighted by Crippen LogP contribution is 2.49. The number of aromatic nitrogens is 2. The van der Waals surface area contributed by atoms with Gasteiger partial charge in [0, 0.05) is 43.2 Å². The molecule has 1 unspecified atom stereocenters. The highest BCUT2D eigenvalue weighted by molar-refractivity contribution is 6.06. The normalized spacial score (nSPS) is 23.4. The highest BCUT2D eigenvalue weighted by atomic mass is 16.2. The van der Waals surface area contributed by atoms with Crippen LogP contribution in [-0.4, -0.2) is 39.4 Å². The zero-order chi connectivity index (χ0) is 25.7. The molecule has 2 amide bonds. The quantitative estimate of drug-likeness (QED) is 0.542. The molecule has 7 heteroatoms. The minimum absolute atomic E-state index is 0.258. The van der Waals surface area contributed by atoms with Gasteiger partial charge in [-0.15, -0.1) is 0 Å². The largest absolute Gasteiger partial charge is 0.342 e. The number of hydrogen-bond donors (Lipinski definition) is 1. The number of nitrogens with one attached hydrogen (secondary N) is 1. The molecule has 3 atom stereocenters. The van der Waals surface area contributed by atoms with E-state index in [-0.39, 0.29) is 11.8 Å². The number of carbonyl (C=O) groups is 2. The lowest BCUT2D eigenvalue weighted by Gasteiger charge is -2.35. The van der Waals surface area contributed by atoms with E-state index in [0.29, 0.717) is 34.6 Å². The van der Waals surface area contributed by atoms with Crippen molar-refractivity contribution in [2.75, 3.05) is 18.4 Å². The van der Waals surface area contributed by atoms with E-state index in [4.69, 9.17) is 5.26 Å². The molecule has 1 aliphatic heterocycles. The number of rotatable bonds is 4. The Labute approximate surface area is 217 Å². The molecule has 2 aromatic heterocycles. The number of aryl methyl sites for hydroxylation is 2. The molecule has 2 aliphatic carbocycles. The van der Waals surface area contributed by atoms with Gasteiger partial charge in [-0.3, -0.25) is 9.59 Å². The molecule has 0 radical (unpaired) electrons. The second-order valence-corrected chi connectivity index (χ2v) is 11.2. The molecular formula is C30H33N5O2. The molecule has 3 aromatic rings. The van der Waals surface area contributed by atoms with Gasteiger partial charge in [0.2, 0.25) is 5.91 Å². The van der Waals surface area contributed by atoms with Gasteiger partial charge in [0.05, 0.1) is 23.5 Å². The zero-order valence-corrected chi connectivity index (χ0v) is 21.5. The fraction of sp³-hybridized carbons (Fsp3) is 0.467. The third-order valence-electron chi connectivity index (χ3n) is 9.08. The maximum atomic E-state index is 13.3. The lowest BCUT2D eigenvalue weighted by atomic mass is 9.85. The number of pyridine rings is 1. The van der Waals surface area contributed by atoms with Gasteiger partial charge < -0.3 is 14.8 Å². The summed E-state index contributed by atoms with van der Waals surface area (Å²) >= 11 is 0. The van der Waals surface area contributed by atoms with Crippen molar-refractivity contribution in [2.45, 2.75) is 51.4 Å². The molecule has 1 saturated heterocycles. The van der Waals surface area contributed by atoms with Gasteiger partial charge in [-0.1, -0.05) is 12.5 Å². The van der Waals surface area contributed by atoms with Gasteiger partial charge in [-0.05, 0) is 86.1 Å². The number of carbonyl (C=O) groups excluding carboxylic acids is 2. The number of nitriles is 1. The van der Waals surface area contributed by atoms with Crippen LogP contribution in [0.2, 0.25) is 0 Å². The van der Waals surface area contributed by atoms with Crippen LogP contribution in [0.5, 0.6) is 0 Å². The van der Waals surface area contributed by atoms with Crippen molar-refractivity contribution in [1.82, 2.24) is 14.5 Å². The van der Waals surface area contributed by atoms with E-state index in [1.54, 1.807) is 30.5 Å². The highest BCUT2D eigenvalue weighted by Gasteiger charge is 2.44. The van der Waals surface area contributed by atoms with Crippen LogP contribution in [0.15, 0.2) is 36.7 Å². The number of nitrogens with zero attached hydrogens (tertiary/aromatic N) is 4. The summed E-state index contributed by atoms with van der Waals surface area (Å²) in [6.45, 7) is 3.65. The fourth-order valence-corrected chi connectivity index (χ4v) is 7.09. The molecular weight excluding hydrogens is 462 g/mol.